The van der Waals surface area contributed by atoms with Gasteiger partial charge in [-0.3, -0.25) is 19.2 Å². The second-order valence-electron chi connectivity index (χ2n) is 8.80. The van der Waals surface area contributed by atoms with Crippen molar-refractivity contribution < 1.29 is 28.7 Å². The number of imide groups is 1. The molecule has 0 radical (unpaired) electrons. The highest BCUT2D eigenvalue weighted by molar-refractivity contribution is 9.10. The van der Waals surface area contributed by atoms with Gasteiger partial charge in [0.2, 0.25) is 0 Å². The van der Waals surface area contributed by atoms with Crippen molar-refractivity contribution in [1.29, 1.82) is 0 Å². The molecule has 0 bridgehead atoms. The first kappa shape index (κ1) is 28.2. The van der Waals surface area contributed by atoms with Crippen LogP contribution in [-0.2, 0) is 0 Å². The van der Waals surface area contributed by atoms with Crippen LogP contribution in [0.1, 0.15) is 51.8 Å². The van der Waals surface area contributed by atoms with E-state index in [1.807, 2.05) is 0 Å². The minimum absolute atomic E-state index is 0.0129. The third kappa shape index (κ3) is 5.78. The largest absolute Gasteiger partial charge is 0.423 e. The van der Waals surface area contributed by atoms with Crippen molar-refractivity contribution in [3.05, 3.63) is 133 Å². The zero-order valence-corrected chi connectivity index (χ0v) is 23.9. The summed E-state index contributed by atoms with van der Waals surface area (Å²) in [7, 11) is 0. The van der Waals surface area contributed by atoms with Gasteiger partial charge in [0, 0.05) is 15.6 Å². The number of rotatable bonds is 7. The van der Waals surface area contributed by atoms with Gasteiger partial charge in [-0.1, -0.05) is 51.3 Å². The molecule has 4 aromatic carbocycles. The molecule has 1 aliphatic rings. The summed E-state index contributed by atoms with van der Waals surface area (Å²) in [6.07, 6.45) is 0. The van der Waals surface area contributed by atoms with Crippen molar-refractivity contribution in [2.45, 2.75) is 0 Å². The number of hydrogen-bond acceptors (Lipinski definition) is 6. The number of ketones is 1. The number of fused-ring (bicyclic) bond motifs is 1. The minimum atomic E-state index is -0.813. The van der Waals surface area contributed by atoms with Crippen LogP contribution in [0, 0.1) is 0 Å². The van der Waals surface area contributed by atoms with Gasteiger partial charge in [0.25, 0.3) is 17.7 Å². The summed E-state index contributed by atoms with van der Waals surface area (Å²) in [4.78, 5) is 65.8. The van der Waals surface area contributed by atoms with Crippen molar-refractivity contribution in [3.8, 4) is 5.75 Å². The van der Waals surface area contributed by atoms with Crippen molar-refractivity contribution in [2.24, 2.45) is 0 Å². The Bertz CT molecular complexity index is 1690. The van der Waals surface area contributed by atoms with Crippen LogP contribution < -0.4 is 4.74 Å². The maximum absolute atomic E-state index is 13.6. The monoisotopic (exact) mass is 650 g/mol. The van der Waals surface area contributed by atoms with Crippen molar-refractivity contribution >= 4 is 68.6 Å². The Morgan fingerprint density at radius 2 is 1.29 bits per heavy atom. The average molecular weight is 652 g/mol. The Morgan fingerprint density at radius 1 is 0.732 bits per heavy atom. The number of Topliss-reactive ketones (excluding diaryl/α,β-unsaturated/α-hetero) is 1. The van der Waals surface area contributed by atoms with E-state index in [1.165, 1.54) is 54.6 Å². The summed E-state index contributed by atoms with van der Waals surface area (Å²) in [5.74, 6) is -3.28. The van der Waals surface area contributed by atoms with Crippen LogP contribution in [0.4, 0.5) is 0 Å². The molecule has 1 aliphatic heterocycles. The highest BCUT2D eigenvalue weighted by Gasteiger charge is 2.42. The standard InChI is InChI=1S/C30H17BrCl2N2O6/c31-20-10-5-18(6-11-20)30(40)41-21-12-7-17(8-13-21)26(36)16-34(27(37)19-9-14-24(32)25(33)15-19)35-28(38)22-3-1-2-4-23(22)29(35)39/h1-15H,16H2. The fourth-order valence-corrected chi connectivity index (χ4v) is 4.66. The third-order valence-corrected chi connectivity index (χ3v) is 7.44. The second kappa shape index (κ2) is 11.7. The lowest BCUT2D eigenvalue weighted by Crippen LogP contribution is -2.51. The molecule has 0 saturated carbocycles. The highest BCUT2D eigenvalue weighted by Crippen LogP contribution is 2.28. The SMILES string of the molecule is O=C(CN(C(=O)c1ccc(Cl)c(Cl)c1)N1C(=O)c2ccccc2C1=O)c1ccc(OC(=O)c2ccc(Br)cc2)cc1. The number of ether oxygens (including phenoxy) is 1. The highest BCUT2D eigenvalue weighted by atomic mass is 79.9. The molecule has 0 aromatic heterocycles. The van der Waals surface area contributed by atoms with E-state index in [1.54, 1.807) is 36.4 Å². The molecule has 1 heterocycles. The molecular formula is C30H17BrCl2N2O6. The number of halogens is 3. The second-order valence-corrected chi connectivity index (χ2v) is 10.5. The smallest absolute Gasteiger partial charge is 0.343 e. The van der Waals surface area contributed by atoms with Gasteiger partial charge in [-0.05, 0) is 78.9 Å². The number of hydrazine groups is 1. The summed E-state index contributed by atoms with van der Waals surface area (Å²) >= 11 is 15.4. The van der Waals surface area contributed by atoms with E-state index in [4.69, 9.17) is 27.9 Å². The van der Waals surface area contributed by atoms with Gasteiger partial charge in [0.15, 0.2) is 5.78 Å². The average Bonchev–Trinajstić information content (AvgIpc) is 3.22. The Morgan fingerprint density at radius 3 is 1.88 bits per heavy atom. The predicted octanol–water partition coefficient (Wildman–Crippen LogP) is 6.51. The van der Waals surface area contributed by atoms with Crippen LogP contribution in [-0.4, -0.2) is 46.0 Å². The Balaban J connectivity index is 1.40. The predicted molar refractivity (Wildman–Crippen MR) is 154 cm³/mol. The van der Waals surface area contributed by atoms with Crippen LogP contribution in [0.25, 0.3) is 0 Å². The van der Waals surface area contributed by atoms with Gasteiger partial charge in [-0.2, -0.15) is 5.01 Å². The molecule has 0 spiro atoms. The lowest BCUT2D eigenvalue weighted by atomic mass is 10.1. The molecule has 0 fully saturated rings. The Hall–Kier alpha value is -4.31. The molecule has 11 heteroatoms. The van der Waals surface area contributed by atoms with E-state index in [0.717, 1.165) is 9.48 Å². The summed E-state index contributed by atoms with van der Waals surface area (Å²) in [6, 6.07) is 22.5. The van der Waals surface area contributed by atoms with Gasteiger partial charge >= 0.3 is 5.97 Å². The molecule has 0 N–H and O–H groups in total. The van der Waals surface area contributed by atoms with E-state index in [0.29, 0.717) is 10.6 Å². The molecule has 3 amide bonds. The lowest BCUT2D eigenvalue weighted by molar-refractivity contribution is 0.00531. The van der Waals surface area contributed by atoms with Gasteiger partial charge in [-0.15, -0.1) is 0 Å². The maximum Gasteiger partial charge on any atom is 0.343 e. The van der Waals surface area contributed by atoms with Crippen LogP contribution in [0.3, 0.4) is 0 Å². The molecule has 0 unspecified atom stereocenters. The van der Waals surface area contributed by atoms with Gasteiger partial charge in [-0.25, -0.2) is 9.80 Å². The third-order valence-electron chi connectivity index (χ3n) is 6.18. The number of carbonyl (C=O) groups excluding carboxylic acids is 5. The Kier molecular flexibility index (Phi) is 8.03. The fraction of sp³-hybridized carbons (Fsp3) is 0.0333. The first-order valence-electron chi connectivity index (χ1n) is 12.0. The van der Waals surface area contributed by atoms with E-state index < -0.39 is 36.0 Å². The van der Waals surface area contributed by atoms with Gasteiger partial charge < -0.3 is 4.74 Å². The van der Waals surface area contributed by atoms with Gasteiger partial charge in [0.1, 0.15) is 12.3 Å². The summed E-state index contributed by atoms with van der Waals surface area (Å²) in [6.45, 7) is -0.650. The minimum Gasteiger partial charge on any atom is -0.423 e. The van der Waals surface area contributed by atoms with E-state index in [9.17, 15) is 24.0 Å². The first-order chi connectivity index (χ1) is 19.6. The molecule has 8 nitrogen and oxygen atoms in total. The molecule has 0 aliphatic carbocycles. The van der Waals surface area contributed by atoms with Crippen LogP contribution in [0.2, 0.25) is 10.0 Å². The van der Waals surface area contributed by atoms with E-state index in [-0.39, 0.29) is 38.0 Å². The summed E-state index contributed by atoms with van der Waals surface area (Å²) < 4.78 is 6.18. The number of carbonyl (C=O) groups is 5. The Labute approximate surface area is 252 Å². The molecule has 4 aromatic rings. The van der Waals surface area contributed by atoms with Crippen molar-refractivity contribution in [3.63, 3.8) is 0 Å². The zero-order chi connectivity index (χ0) is 29.3. The topological polar surface area (TPSA) is 101 Å². The zero-order valence-electron chi connectivity index (χ0n) is 20.8. The van der Waals surface area contributed by atoms with Crippen molar-refractivity contribution in [1.82, 2.24) is 10.0 Å². The first-order valence-corrected chi connectivity index (χ1v) is 13.5. The van der Waals surface area contributed by atoms with Crippen molar-refractivity contribution in [2.75, 3.05) is 6.54 Å². The summed E-state index contributed by atoms with van der Waals surface area (Å²) in [5, 5.41) is 1.72. The summed E-state index contributed by atoms with van der Waals surface area (Å²) in [5.41, 5.74) is 0.712. The molecular weight excluding hydrogens is 635 g/mol. The number of esters is 1. The normalized spacial score (nSPS) is 12.2. The number of amides is 3. The number of hydrogen-bond donors (Lipinski definition) is 0. The molecule has 0 saturated heterocycles. The lowest BCUT2D eigenvalue weighted by Gasteiger charge is -2.29. The van der Waals surface area contributed by atoms with E-state index >= 15 is 0 Å². The molecule has 41 heavy (non-hydrogen) atoms. The van der Waals surface area contributed by atoms with Gasteiger partial charge in [0.05, 0.1) is 26.7 Å². The molecule has 5 rings (SSSR count). The number of benzene rings is 4. The number of nitrogens with zero attached hydrogens (tertiary/aromatic N) is 2. The maximum atomic E-state index is 13.6. The molecule has 204 valence electrons. The molecule has 0 atom stereocenters. The fourth-order valence-electron chi connectivity index (χ4n) is 4.10. The van der Waals surface area contributed by atoms with Crippen LogP contribution in [0.5, 0.6) is 5.75 Å². The quantitative estimate of drug-likeness (QED) is 0.0977. The van der Waals surface area contributed by atoms with Crippen LogP contribution in [0.15, 0.2) is 95.5 Å². The van der Waals surface area contributed by atoms with E-state index in [2.05, 4.69) is 15.9 Å². The van der Waals surface area contributed by atoms with Crippen LogP contribution >= 0.6 is 39.1 Å².